The van der Waals surface area contributed by atoms with Gasteiger partial charge in [0, 0.05) is 23.2 Å². The van der Waals surface area contributed by atoms with E-state index >= 15 is 0 Å². The van der Waals surface area contributed by atoms with Crippen molar-refractivity contribution in [2.45, 2.75) is 6.54 Å². The number of aromatic nitrogens is 1. The minimum atomic E-state index is -1.07. The summed E-state index contributed by atoms with van der Waals surface area (Å²) in [4.78, 5) is 15.5. The highest BCUT2D eigenvalue weighted by atomic mass is 35.5. The Kier molecular flexibility index (Phi) is 4.37. The van der Waals surface area contributed by atoms with Crippen LogP contribution < -0.4 is 5.32 Å². The predicted molar refractivity (Wildman–Crippen MR) is 92.5 cm³/mol. The number of rotatable bonds is 4. The van der Waals surface area contributed by atoms with E-state index in [1.54, 1.807) is 12.1 Å². The van der Waals surface area contributed by atoms with E-state index in [0.29, 0.717) is 17.4 Å². The minimum Gasteiger partial charge on any atom is -0.478 e. The molecule has 0 unspecified atom stereocenters. The van der Waals surface area contributed by atoms with E-state index in [4.69, 9.17) is 28.3 Å². The van der Waals surface area contributed by atoms with Gasteiger partial charge >= 0.3 is 5.97 Å². The van der Waals surface area contributed by atoms with Crippen LogP contribution in [0.4, 0.5) is 5.69 Å². The van der Waals surface area contributed by atoms with Crippen molar-refractivity contribution in [3.63, 3.8) is 0 Å². The molecule has 1 heterocycles. The number of carboxylic acid groups (broad SMARTS) is 1. The molecule has 0 spiro atoms. The highest BCUT2D eigenvalue weighted by Crippen LogP contribution is 2.24. The Morgan fingerprint density at radius 3 is 2.70 bits per heavy atom. The van der Waals surface area contributed by atoms with Gasteiger partial charge in [0.25, 0.3) is 0 Å². The predicted octanol–water partition coefficient (Wildman–Crippen LogP) is 4.85. The summed E-state index contributed by atoms with van der Waals surface area (Å²) in [6, 6.07) is 14.4. The van der Waals surface area contributed by atoms with Crippen LogP contribution in [0, 0.1) is 0 Å². The minimum absolute atomic E-state index is 0.0550. The van der Waals surface area contributed by atoms with Gasteiger partial charge in [-0.1, -0.05) is 41.4 Å². The van der Waals surface area contributed by atoms with Crippen molar-refractivity contribution in [2.24, 2.45) is 0 Å². The zero-order chi connectivity index (χ0) is 16.4. The highest BCUT2D eigenvalue weighted by molar-refractivity contribution is 6.33. The van der Waals surface area contributed by atoms with Gasteiger partial charge in [-0.15, -0.1) is 0 Å². The Labute approximate surface area is 142 Å². The molecule has 0 aliphatic carbocycles. The second-order valence-electron chi connectivity index (χ2n) is 4.98. The molecule has 4 nitrogen and oxygen atoms in total. The lowest BCUT2D eigenvalue weighted by atomic mass is 10.1. The first-order valence-electron chi connectivity index (χ1n) is 6.85. The van der Waals surface area contributed by atoms with E-state index in [0.717, 1.165) is 16.5 Å². The lowest BCUT2D eigenvalue weighted by molar-refractivity contribution is 0.0697. The third kappa shape index (κ3) is 3.38. The fraction of sp³-hybridized carbons (Fsp3) is 0.0588. The van der Waals surface area contributed by atoms with E-state index in [1.807, 2.05) is 30.3 Å². The van der Waals surface area contributed by atoms with Gasteiger partial charge in [0.2, 0.25) is 0 Å². The summed E-state index contributed by atoms with van der Waals surface area (Å²) >= 11 is 12.1. The molecule has 0 saturated carbocycles. The number of para-hydroxylation sites is 1. The number of carbonyl (C=O) groups is 1. The standard InChI is InChI=1S/C17H12Cl2N2O2/c18-14-6-5-12(8-13(14)17(22)23)20-9-11-7-10-3-1-2-4-15(10)21-16(11)19/h1-8,20H,9H2,(H,22,23). The third-order valence-corrected chi connectivity index (χ3v) is 4.09. The van der Waals surface area contributed by atoms with Crippen LogP contribution in [-0.2, 0) is 6.54 Å². The number of nitrogens with one attached hydrogen (secondary N) is 1. The molecule has 3 aromatic rings. The van der Waals surface area contributed by atoms with Gasteiger partial charge in [-0.3, -0.25) is 0 Å². The van der Waals surface area contributed by atoms with Gasteiger partial charge in [-0.05, 0) is 30.3 Å². The maximum absolute atomic E-state index is 11.1. The molecule has 116 valence electrons. The molecule has 0 aliphatic heterocycles. The fourth-order valence-corrected chi connectivity index (χ4v) is 2.67. The number of halogens is 2. The van der Waals surface area contributed by atoms with Crippen LogP contribution in [0.1, 0.15) is 15.9 Å². The normalized spacial score (nSPS) is 10.7. The molecule has 6 heteroatoms. The molecule has 23 heavy (non-hydrogen) atoms. The summed E-state index contributed by atoms with van der Waals surface area (Å²) in [5, 5.41) is 13.9. The lowest BCUT2D eigenvalue weighted by Gasteiger charge is -2.10. The van der Waals surface area contributed by atoms with Crippen LogP contribution in [0.5, 0.6) is 0 Å². The highest BCUT2D eigenvalue weighted by Gasteiger charge is 2.10. The number of aromatic carboxylic acids is 1. The molecule has 2 aromatic carbocycles. The van der Waals surface area contributed by atoms with Crippen molar-refractivity contribution in [2.75, 3.05) is 5.32 Å². The van der Waals surface area contributed by atoms with Crippen LogP contribution in [0.3, 0.4) is 0 Å². The molecule has 0 saturated heterocycles. The Hall–Kier alpha value is -2.30. The Morgan fingerprint density at radius 1 is 1.13 bits per heavy atom. The van der Waals surface area contributed by atoms with Gasteiger partial charge in [0.05, 0.1) is 16.1 Å². The second kappa shape index (κ2) is 6.44. The van der Waals surface area contributed by atoms with Crippen molar-refractivity contribution in [3.8, 4) is 0 Å². The van der Waals surface area contributed by atoms with E-state index in [1.165, 1.54) is 6.07 Å². The van der Waals surface area contributed by atoms with Gasteiger partial charge in [-0.25, -0.2) is 9.78 Å². The molecule has 0 fully saturated rings. The number of pyridine rings is 1. The monoisotopic (exact) mass is 346 g/mol. The maximum Gasteiger partial charge on any atom is 0.337 e. The fourth-order valence-electron chi connectivity index (χ4n) is 2.26. The topological polar surface area (TPSA) is 62.2 Å². The smallest absolute Gasteiger partial charge is 0.337 e. The van der Waals surface area contributed by atoms with E-state index in [2.05, 4.69) is 10.3 Å². The van der Waals surface area contributed by atoms with Gasteiger partial charge in [-0.2, -0.15) is 0 Å². The first-order chi connectivity index (χ1) is 11.0. The number of hydrogen-bond acceptors (Lipinski definition) is 3. The lowest BCUT2D eigenvalue weighted by Crippen LogP contribution is -2.04. The third-order valence-electron chi connectivity index (χ3n) is 3.43. The Bertz CT molecular complexity index is 897. The van der Waals surface area contributed by atoms with Gasteiger partial charge in [0.1, 0.15) is 5.15 Å². The molecule has 2 N–H and O–H groups in total. The molecule has 0 aliphatic rings. The zero-order valence-electron chi connectivity index (χ0n) is 11.9. The van der Waals surface area contributed by atoms with Crippen LogP contribution in [0.2, 0.25) is 10.2 Å². The summed E-state index contributed by atoms with van der Waals surface area (Å²) in [5.74, 6) is -1.07. The molecule has 1 aromatic heterocycles. The first kappa shape index (κ1) is 15.6. The number of carboxylic acids is 1. The van der Waals surface area contributed by atoms with Crippen molar-refractivity contribution >= 4 is 45.8 Å². The molecule has 0 atom stereocenters. The summed E-state index contributed by atoms with van der Waals surface area (Å²) in [6.45, 7) is 0.428. The van der Waals surface area contributed by atoms with Crippen LogP contribution in [0.15, 0.2) is 48.5 Å². The SMILES string of the molecule is O=C(O)c1cc(NCc2cc3ccccc3nc2Cl)ccc1Cl. The largest absolute Gasteiger partial charge is 0.478 e. The number of fused-ring (bicyclic) bond motifs is 1. The van der Waals surface area contributed by atoms with Crippen molar-refractivity contribution in [1.82, 2.24) is 4.98 Å². The quantitative estimate of drug-likeness (QED) is 0.662. The number of hydrogen-bond donors (Lipinski definition) is 2. The average Bonchev–Trinajstić information content (AvgIpc) is 2.53. The summed E-state index contributed by atoms with van der Waals surface area (Å²) in [6.07, 6.45) is 0. The van der Waals surface area contributed by atoms with Crippen LogP contribution >= 0.6 is 23.2 Å². The second-order valence-corrected chi connectivity index (χ2v) is 5.75. The van der Waals surface area contributed by atoms with E-state index in [9.17, 15) is 4.79 Å². The summed E-state index contributed by atoms with van der Waals surface area (Å²) in [7, 11) is 0. The maximum atomic E-state index is 11.1. The number of nitrogens with zero attached hydrogens (tertiary/aromatic N) is 1. The molecular weight excluding hydrogens is 335 g/mol. The van der Waals surface area contributed by atoms with Crippen molar-refractivity contribution in [1.29, 1.82) is 0 Å². The molecular formula is C17H12Cl2N2O2. The van der Waals surface area contributed by atoms with Crippen molar-refractivity contribution in [3.05, 3.63) is 69.8 Å². The average molecular weight is 347 g/mol. The summed E-state index contributed by atoms with van der Waals surface area (Å²) in [5.41, 5.74) is 2.37. The zero-order valence-corrected chi connectivity index (χ0v) is 13.4. The number of anilines is 1. The molecule has 0 amide bonds. The Morgan fingerprint density at radius 2 is 1.91 bits per heavy atom. The molecule has 3 rings (SSSR count). The Balaban J connectivity index is 1.84. The van der Waals surface area contributed by atoms with E-state index < -0.39 is 5.97 Å². The van der Waals surface area contributed by atoms with E-state index in [-0.39, 0.29) is 10.6 Å². The van der Waals surface area contributed by atoms with Gasteiger partial charge < -0.3 is 10.4 Å². The molecule has 0 bridgehead atoms. The van der Waals surface area contributed by atoms with Crippen molar-refractivity contribution < 1.29 is 9.90 Å². The first-order valence-corrected chi connectivity index (χ1v) is 7.61. The summed E-state index contributed by atoms with van der Waals surface area (Å²) < 4.78 is 0. The van der Waals surface area contributed by atoms with Gasteiger partial charge in [0.15, 0.2) is 0 Å². The number of benzene rings is 2. The van der Waals surface area contributed by atoms with Crippen LogP contribution in [0.25, 0.3) is 10.9 Å². The molecule has 0 radical (unpaired) electrons. The van der Waals surface area contributed by atoms with Crippen LogP contribution in [-0.4, -0.2) is 16.1 Å².